The second kappa shape index (κ2) is 6.44. The molecule has 0 atom stereocenters. The molecule has 0 radical (unpaired) electrons. The fraction of sp³-hybridized carbons (Fsp3) is 0.500. The van der Waals surface area contributed by atoms with Crippen LogP contribution < -0.4 is 5.32 Å². The molecule has 0 unspecified atom stereocenters. The minimum Gasteiger partial charge on any atom is -0.312 e. The van der Waals surface area contributed by atoms with E-state index < -0.39 is 0 Å². The standard InChI is InChI=1S/C18H27N3/c1-13(2)10-19-11-15-12-20-21-17(15)14-6-8-16(9-7-14)18(3,4)5/h6-9,12-13,19H,10-11H2,1-5H3,(H,20,21). The van der Waals surface area contributed by atoms with Crippen LogP contribution in [-0.2, 0) is 12.0 Å². The van der Waals surface area contributed by atoms with Crippen LogP contribution in [-0.4, -0.2) is 16.7 Å². The first-order valence-electron chi connectivity index (χ1n) is 7.72. The van der Waals surface area contributed by atoms with Gasteiger partial charge in [-0.1, -0.05) is 58.9 Å². The summed E-state index contributed by atoms with van der Waals surface area (Å²) in [6.45, 7) is 13.0. The molecule has 0 amide bonds. The quantitative estimate of drug-likeness (QED) is 0.867. The number of aromatic amines is 1. The lowest BCUT2D eigenvalue weighted by Gasteiger charge is -2.19. The van der Waals surface area contributed by atoms with Gasteiger partial charge in [0.2, 0.25) is 0 Å². The Morgan fingerprint density at radius 3 is 2.38 bits per heavy atom. The fourth-order valence-electron chi connectivity index (χ4n) is 2.33. The van der Waals surface area contributed by atoms with Crippen molar-refractivity contribution in [3.63, 3.8) is 0 Å². The van der Waals surface area contributed by atoms with E-state index in [-0.39, 0.29) is 5.41 Å². The third kappa shape index (κ3) is 4.18. The topological polar surface area (TPSA) is 40.7 Å². The number of H-pyrrole nitrogens is 1. The maximum atomic E-state index is 4.20. The molecule has 1 heterocycles. The first-order valence-corrected chi connectivity index (χ1v) is 7.72. The molecule has 0 saturated carbocycles. The highest BCUT2D eigenvalue weighted by Crippen LogP contribution is 2.26. The van der Waals surface area contributed by atoms with Crippen molar-refractivity contribution in [2.75, 3.05) is 6.54 Å². The second-order valence-electron chi connectivity index (χ2n) is 7.12. The predicted molar refractivity (Wildman–Crippen MR) is 89.3 cm³/mol. The zero-order valence-corrected chi connectivity index (χ0v) is 13.8. The Labute approximate surface area is 128 Å². The highest BCUT2D eigenvalue weighted by Gasteiger charge is 2.14. The average Bonchev–Trinajstić information content (AvgIpc) is 2.86. The highest BCUT2D eigenvalue weighted by atomic mass is 15.1. The number of nitrogens with one attached hydrogen (secondary N) is 2. The summed E-state index contributed by atoms with van der Waals surface area (Å²) in [5.74, 6) is 0.659. The zero-order valence-electron chi connectivity index (χ0n) is 13.8. The normalized spacial score (nSPS) is 12.1. The summed E-state index contributed by atoms with van der Waals surface area (Å²) in [6.07, 6.45) is 1.92. The minimum atomic E-state index is 0.189. The van der Waals surface area contributed by atoms with Crippen LogP contribution in [0.2, 0.25) is 0 Å². The number of hydrogen-bond donors (Lipinski definition) is 2. The lowest BCUT2D eigenvalue weighted by Crippen LogP contribution is -2.19. The van der Waals surface area contributed by atoms with Crippen LogP contribution >= 0.6 is 0 Å². The Kier molecular flexibility index (Phi) is 4.84. The number of hydrogen-bond acceptors (Lipinski definition) is 2. The summed E-state index contributed by atoms with van der Waals surface area (Å²) in [5.41, 5.74) is 5.08. The van der Waals surface area contributed by atoms with Gasteiger partial charge < -0.3 is 5.32 Å². The largest absolute Gasteiger partial charge is 0.312 e. The first-order chi connectivity index (χ1) is 9.88. The minimum absolute atomic E-state index is 0.189. The molecule has 0 aliphatic heterocycles. The van der Waals surface area contributed by atoms with Crippen molar-refractivity contribution in [1.29, 1.82) is 0 Å². The smallest absolute Gasteiger partial charge is 0.0695 e. The van der Waals surface area contributed by atoms with Crippen molar-refractivity contribution < 1.29 is 0 Å². The van der Waals surface area contributed by atoms with E-state index in [9.17, 15) is 0 Å². The van der Waals surface area contributed by atoms with Gasteiger partial charge >= 0.3 is 0 Å². The molecule has 0 fully saturated rings. The lowest BCUT2D eigenvalue weighted by atomic mass is 9.86. The van der Waals surface area contributed by atoms with E-state index in [1.165, 1.54) is 16.7 Å². The molecular weight excluding hydrogens is 258 g/mol. The Hall–Kier alpha value is -1.61. The summed E-state index contributed by atoms with van der Waals surface area (Å²) >= 11 is 0. The van der Waals surface area contributed by atoms with Crippen molar-refractivity contribution >= 4 is 0 Å². The third-order valence-electron chi connectivity index (χ3n) is 3.63. The Bertz CT molecular complexity index is 559. The van der Waals surface area contributed by atoms with Crippen LogP contribution in [0.25, 0.3) is 11.3 Å². The van der Waals surface area contributed by atoms with Gasteiger partial charge in [0, 0.05) is 12.1 Å². The Morgan fingerprint density at radius 2 is 1.81 bits per heavy atom. The third-order valence-corrected chi connectivity index (χ3v) is 3.63. The summed E-state index contributed by atoms with van der Waals surface area (Å²) in [6, 6.07) is 8.78. The highest BCUT2D eigenvalue weighted by molar-refractivity contribution is 5.63. The van der Waals surface area contributed by atoms with Crippen molar-refractivity contribution in [2.24, 2.45) is 5.92 Å². The first kappa shape index (κ1) is 15.8. The molecule has 0 aliphatic carbocycles. The molecule has 2 rings (SSSR count). The van der Waals surface area contributed by atoms with Gasteiger partial charge in [-0.2, -0.15) is 5.10 Å². The van der Waals surface area contributed by atoms with Gasteiger partial charge in [-0.3, -0.25) is 5.10 Å². The Balaban J connectivity index is 2.13. The maximum absolute atomic E-state index is 4.20. The molecule has 21 heavy (non-hydrogen) atoms. The monoisotopic (exact) mass is 285 g/mol. The van der Waals surface area contributed by atoms with Gasteiger partial charge in [0.05, 0.1) is 11.9 Å². The molecule has 3 heteroatoms. The molecule has 2 N–H and O–H groups in total. The van der Waals surface area contributed by atoms with Gasteiger partial charge in [0.25, 0.3) is 0 Å². The van der Waals surface area contributed by atoms with Crippen LogP contribution in [0.3, 0.4) is 0 Å². The fourth-order valence-corrected chi connectivity index (χ4v) is 2.33. The summed E-state index contributed by atoms with van der Waals surface area (Å²) < 4.78 is 0. The second-order valence-corrected chi connectivity index (χ2v) is 7.12. The van der Waals surface area contributed by atoms with Crippen molar-refractivity contribution in [2.45, 2.75) is 46.6 Å². The molecule has 1 aromatic carbocycles. The van der Waals surface area contributed by atoms with E-state index in [2.05, 4.69) is 74.4 Å². The van der Waals surface area contributed by atoms with Crippen LogP contribution in [0.15, 0.2) is 30.5 Å². The number of rotatable bonds is 5. The van der Waals surface area contributed by atoms with E-state index in [0.29, 0.717) is 5.92 Å². The van der Waals surface area contributed by atoms with Gasteiger partial charge in [-0.15, -0.1) is 0 Å². The summed E-state index contributed by atoms with van der Waals surface area (Å²) in [7, 11) is 0. The zero-order chi connectivity index (χ0) is 15.5. The van der Waals surface area contributed by atoms with Gasteiger partial charge in [0.1, 0.15) is 0 Å². The van der Waals surface area contributed by atoms with Crippen molar-refractivity contribution in [3.05, 3.63) is 41.6 Å². The van der Waals surface area contributed by atoms with Gasteiger partial charge in [0.15, 0.2) is 0 Å². The van der Waals surface area contributed by atoms with Crippen LogP contribution in [0.4, 0.5) is 0 Å². The molecule has 0 bridgehead atoms. The molecule has 114 valence electrons. The molecule has 0 spiro atoms. The molecule has 3 nitrogen and oxygen atoms in total. The molecule has 1 aromatic heterocycles. The van der Waals surface area contributed by atoms with E-state index in [4.69, 9.17) is 0 Å². The molecule has 0 saturated heterocycles. The van der Waals surface area contributed by atoms with Crippen LogP contribution in [0.5, 0.6) is 0 Å². The van der Waals surface area contributed by atoms with E-state index in [0.717, 1.165) is 18.8 Å². The van der Waals surface area contributed by atoms with Crippen molar-refractivity contribution in [1.82, 2.24) is 15.5 Å². The van der Waals surface area contributed by atoms with E-state index in [1.807, 2.05) is 6.20 Å². The molecule has 0 aliphatic rings. The maximum Gasteiger partial charge on any atom is 0.0695 e. The Morgan fingerprint density at radius 1 is 1.14 bits per heavy atom. The average molecular weight is 285 g/mol. The summed E-state index contributed by atoms with van der Waals surface area (Å²) in [5, 5.41) is 10.8. The lowest BCUT2D eigenvalue weighted by molar-refractivity contribution is 0.553. The van der Waals surface area contributed by atoms with Crippen LogP contribution in [0, 0.1) is 5.92 Å². The van der Waals surface area contributed by atoms with E-state index >= 15 is 0 Å². The van der Waals surface area contributed by atoms with E-state index in [1.54, 1.807) is 0 Å². The summed E-state index contributed by atoms with van der Waals surface area (Å²) in [4.78, 5) is 0. The van der Waals surface area contributed by atoms with Gasteiger partial charge in [-0.05, 0) is 29.0 Å². The SMILES string of the molecule is CC(C)CNCc1cn[nH]c1-c1ccc(C(C)(C)C)cc1. The number of nitrogens with zero attached hydrogens (tertiary/aromatic N) is 1. The van der Waals surface area contributed by atoms with Crippen molar-refractivity contribution in [3.8, 4) is 11.3 Å². The predicted octanol–water partition coefficient (Wildman–Crippen LogP) is 4.12. The molecule has 2 aromatic rings. The van der Waals surface area contributed by atoms with Crippen LogP contribution in [0.1, 0.15) is 45.7 Å². The number of benzene rings is 1. The molecular formula is C18H27N3. The number of aromatic nitrogens is 2. The van der Waals surface area contributed by atoms with Gasteiger partial charge in [-0.25, -0.2) is 0 Å².